The van der Waals surface area contributed by atoms with E-state index in [-0.39, 0.29) is 11.9 Å². The molecule has 1 aromatic heterocycles. The fourth-order valence-corrected chi connectivity index (χ4v) is 5.71. The maximum absolute atomic E-state index is 13.5. The minimum Gasteiger partial charge on any atom is -0.367 e. The van der Waals surface area contributed by atoms with Crippen molar-refractivity contribution in [3.63, 3.8) is 0 Å². The topological polar surface area (TPSA) is 31.5 Å². The van der Waals surface area contributed by atoms with Gasteiger partial charge < -0.3 is 9.72 Å². The second-order valence-electron chi connectivity index (χ2n) is 9.61. The van der Waals surface area contributed by atoms with Gasteiger partial charge >= 0.3 is 0 Å². The second kappa shape index (κ2) is 9.75. The van der Waals surface area contributed by atoms with E-state index in [2.05, 4.69) is 39.0 Å². The first-order valence-corrected chi connectivity index (χ1v) is 12.7. The van der Waals surface area contributed by atoms with Crippen LogP contribution in [-0.2, 0) is 17.7 Å². The van der Waals surface area contributed by atoms with E-state index in [9.17, 15) is 4.39 Å². The number of aromatic amines is 1. The number of nitrogens with zero attached hydrogens (tertiary/aromatic N) is 2. The molecule has 3 aromatic carbocycles. The molecule has 0 bridgehead atoms. The summed E-state index contributed by atoms with van der Waals surface area (Å²) in [6, 6.07) is 23.5. The van der Waals surface area contributed by atoms with Crippen LogP contribution in [0.25, 0.3) is 10.9 Å². The molecule has 180 valence electrons. The van der Waals surface area contributed by atoms with Gasteiger partial charge in [-0.25, -0.2) is 4.39 Å². The van der Waals surface area contributed by atoms with Gasteiger partial charge in [0.25, 0.3) is 0 Å². The molecule has 6 heteroatoms. The molecule has 4 aromatic rings. The van der Waals surface area contributed by atoms with Gasteiger partial charge in [-0.3, -0.25) is 9.80 Å². The van der Waals surface area contributed by atoms with Crippen LogP contribution in [0.3, 0.4) is 0 Å². The Labute approximate surface area is 210 Å². The number of ether oxygens (including phenoxy) is 1. The highest BCUT2D eigenvalue weighted by Gasteiger charge is 2.33. The van der Waals surface area contributed by atoms with Crippen LogP contribution < -0.4 is 0 Å². The summed E-state index contributed by atoms with van der Waals surface area (Å²) in [6.45, 7) is 5.63. The van der Waals surface area contributed by atoms with Crippen molar-refractivity contribution in [2.24, 2.45) is 0 Å². The molecule has 1 N–H and O–H groups in total. The van der Waals surface area contributed by atoms with E-state index >= 15 is 0 Å². The Hall–Kier alpha value is -2.70. The van der Waals surface area contributed by atoms with Crippen LogP contribution in [0.5, 0.6) is 0 Å². The van der Waals surface area contributed by atoms with Crippen molar-refractivity contribution in [3.8, 4) is 0 Å². The largest absolute Gasteiger partial charge is 0.367 e. The molecule has 0 aliphatic carbocycles. The maximum atomic E-state index is 13.5. The molecule has 2 aliphatic heterocycles. The Kier molecular flexibility index (Phi) is 6.33. The molecule has 35 heavy (non-hydrogen) atoms. The molecule has 0 spiro atoms. The molecule has 0 saturated carbocycles. The van der Waals surface area contributed by atoms with Crippen LogP contribution in [0, 0.1) is 5.82 Å². The van der Waals surface area contributed by atoms with Gasteiger partial charge in [-0.2, -0.15) is 0 Å². The van der Waals surface area contributed by atoms with Gasteiger partial charge in [-0.15, -0.1) is 0 Å². The third-order valence-corrected chi connectivity index (χ3v) is 7.68. The van der Waals surface area contributed by atoms with Gasteiger partial charge in [0.2, 0.25) is 0 Å². The summed E-state index contributed by atoms with van der Waals surface area (Å²) in [7, 11) is 0. The molecule has 0 radical (unpaired) electrons. The van der Waals surface area contributed by atoms with Crippen LogP contribution in [-0.4, -0.2) is 53.6 Å². The quantitative estimate of drug-likeness (QED) is 0.371. The minimum absolute atomic E-state index is 0.243. The lowest BCUT2D eigenvalue weighted by Crippen LogP contribution is -2.55. The summed E-state index contributed by atoms with van der Waals surface area (Å²) >= 11 is 6.10. The second-order valence-corrected chi connectivity index (χ2v) is 10.0. The third-order valence-electron chi connectivity index (χ3n) is 7.43. The van der Waals surface area contributed by atoms with Crippen molar-refractivity contribution >= 4 is 22.5 Å². The summed E-state index contributed by atoms with van der Waals surface area (Å²) in [5, 5.41) is 2.06. The Bertz CT molecular complexity index is 1260. The smallest absolute Gasteiger partial charge is 0.123 e. The minimum atomic E-state index is -0.252. The number of hydrogen-bond acceptors (Lipinski definition) is 3. The molecule has 6 rings (SSSR count). The zero-order chi connectivity index (χ0) is 23.8. The van der Waals surface area contributed by atoms with Crippen molar-refractivity contribution in [3.05, 3.63) is 106 Å². The lowest BCUT2D eigenvalue weighted by Gasteiger charge is -2.44. The Balaban J connectivity index is 1.11. The Morgan fingerprint density at radius 2 is 1.71 bits per heavy atom. The number of benzene rings is 3. The third kappa shape index (κ3) is 4.74. The molecular weight excluding hydrogens is 461 g/mol. The standard InChI is InChI=1S/C29H29ClFN3O/c30-22-9-5-20(6-10-22)29(21-7-11-23(31)12-8-21)35-16-15-33-13-14-34-19-28-26(17-24(34)18-33)25-3-1-2-4-27(25)32-28/h1-12,24,29,32H,13-19H2. The van der Waals surface area contributed by atoms with Crippen molar-refractivity contribution in [2.75, 3.05) is 32.8 Å². The van der Waals surface area contributed by atoms with Gasteiger partial charge in [-0.1, -0.05) is 54.1 Å². The molecule has 2 atom stereocenters. The molecule has 2 aliphatic rings. The molecular formula is C29H29ClFN3O. The SMILES string of the molecule is Fc1ccc(C(OCCN2CCN3Cc4[nH]c5ccccc5c4CC3C2)c2ccc(Cl)cc2)cc1. The van der Waals surface area contributed by atoms with Crippen molar-refractivity contribution in [2.45, 2.75) is 25.1 Å². The molecule has 3 heterocycles. The molecule has 1 saturated heterocycles. The molecule has 1 fully saturated rings. The van der Waals surface area contributed by atoms with E-state index in [4.69, 9.17) is 16.3 Å². The van der Waals surface area contributed by atoms with E-state index in [1.807, 2.05) is 24.3 Å². The van der Waals surface area contributed by atoms with Gasteiger partial charge in [-0.05, 0) is 53.4 Å². The van der Waals surface area contributed by atoms with Crippen molar-refractivity contribution in [1.82, 2.24) is 14.8 Å². The number of nitrogens with one attached hydrogen (secondary N) is 1. The lowest BCUT2D eigenvalue weighted by atomic mass is 9.95. The number of piperazine rings is 1. The van der Waals surface area contributed by atoms with E-state index in [1.54, 1.807) is 12.1 Å². The number of aromatic nitrogens is 1. The summed E-state index contributed by atoms with van der Waals surface area (Å²) in [5.41, 5.74) is 6.07. The van der Waals surface area contributed by atoms with Crippen molar-refractivity contribution < 1.29 is 9.13 Å². The Morgan fingerprint density at radius 1 is 0.971 bits per heavy atom. The summed E-state index contributed by atoms with van der Waals surface area (Å²) < 4.78 is 19.9. The molecule has 0 amide bonds. The number of H-pyrrole nitrogens is 1. The fourth-order valence-electron chi connectivity index (χ4n) is 5.58. The van der Waals surface area contributed by atoms with Gasteiger partial charge in [0.05, 0.1) is 6.61 Å². The molecule has 2 unspecified atom stereocenters. The number of para-hydroxylation sites is 1. The monoisotopic (exact) mass is 489 g/mol. The number of hydrogen-bond donors (Lipinski definition) is 1. The maximum Gasteiger partial charge on any atom is 0.123 e. The zero-order valence-electron chi connectivity index (χ0n) is 19.6. The summed E-state index contributed by atoms with van der Waals surface area (Å²) in [5.74, 6) is -0.243. The van der Waals surface area contributed by atoms with Crippen LogP contribution in [0.15, 0.2) is 72.8 Å². The predicted octanol–water partition coefficient (Wildman–Crippen LogP) is 5.81. The normalized spacial score (nSPS) is 19.4. The average Bonchev–Trinajstić information content (AvgIpc) is 3.24. The van der Waals surface area contributed by atoms with Crippen LogP contribution in [0.1, 0.15) is 28.5 Å². The number of rotatable bonds is 6. The zero-order valence-corrected chi connectivity index (χ0v) is 20.3. The molecule has 4 nitrogen and oxygen atoms in total. The van der Waals surface area contributed by atoms with Gasteiger partial charge in [0.1, 0.15) is 11.9 Å². The van der Waals surface area contributed by atoms with Gasteiger partial charge in [0.15, 0.2) is 0 Å². The first-order chi connectivity index (χ1) is 17.1. The average molecular weight is 490 g/mol. The predicted molar refractivity (Wildman–Crippen MR) is 138 cm³/mol. The van der Waals surface area contributed by atoms with E-state index < -0.39 is 0 Å². The summed E-state index contributed by atoms with van der Waals surface area (Å²) in [4.78, 5) is 8.77. The first-order valence-electron chi connectivity index (χ1n) is 12.3. The summed E-state index contributed by atoms with van der Waals surface area (Å²) in [6.07, 6.45) is 0.831. The fraction of sp³-hybridized carbons (Fsp3) is 0.310. The highest BCUT2D eigenvalue weighted by atomic mass is 35.5. The Morgan fingerprint density at radius 3 is 2.51 bits per heavy atom. The van der Waals surface area contributed by atoms with Crippen LogP contribution in [0.4, 0.5) is 4.39 Å². The number of halogens is 2. The highest BCUT2D eigenvalue weighted by Crippen LogP contribution is 2.32. The van der Waals surface area contributed by atoms with E-state index in [0.29, 0.717) is 17.7 Å². The van der Waals surface area contributed by atoms with E-state index in [0.717, 1.165) is 50.3 Å². The van der Waals surface area contributed by atoms with E-state index in [1.165, 1.54) is 34.3 Å². The van der Waals surface area contributed by atoms with Crippen LogP contribution in [0.2, 0.25) is 5.02 Å². The highest BCUT2D eigenvalue weighted by molar-refractivity contribution is 6.30. The lowest BCUT2D eigenvalue weighted by molar-refractivity contribution is 0.0216. The van der Waals surface area contributed by atoms with Crippen LogP contribution >= 0.6 is 11.6 Å². The van der Waals surface area contributed by atoms with Crippen molar-refractivity contribution in [1.29, 1.82) is 0 Å². The number of fused-ring (bicyclic) bond motifs is 4. The first kappa shape index (κ1) is 22.7. The van der Waals surface area contributed by atoms with Gasteiger partial charge in [0, 0.05) is 60.4 Å².